The monoisotopic (exact) mass is 324 g/mol. The number of nitrogens with zero attached hydrogens (tertiary/aromatic N) is 1. The van der Waals surface area contributed by atoms with Gasteiger partial charge in [0.15, 0.2) is 5.78 Å². The first kappa shape index (κ1) is 17.1. The van der Waals surface area contributed by atoms with Crippen LogP contribution in [-0.2, 0) is 14.4 Å². The van der Waals surface area contributed by atoms with Gasteiger partial charge in [-0.25, -0.2) is 0 Å². The van der Waals surface area contributed by atoms with E-state index >= 15 is 0 Å². The summed E-state index contributed by atoms with van der Waals surface area (Å²) >= 11 is 1.32. The molecule has 5 nitrogen and oxygen atoms in total. The Morgan fingerprint density at radius 3 is 2.55 bits per heavy atom. The number of rotatable bonds is 4. The minimum absolute atomic E-state index is 0.00555. The quantitative estimate of drug-likeness (QED) is 0.804. The van der Waals surface area contributed by atoms with Crippen molar-refractivity contribution in [3.05, 3.63) is 11.1 Å². The van der Waals surface area contributed by atoms with Gasteiger partial charge >= 0.3 is 0 Å². The summed E-state index contributed by atoms with van der Waals surface area (Å²) in [5, 5.41) is 3.57. The zero-order valence-corrected chi connectivity index (χ0v) is 14.3. The van der Waals surface area contributed by atoms with Gasteiger partial charge in [0.25, 0.3) is 0 Å². The Kier molecular flexibility index (Phi) is 5.32. The number of allylic oxidation sites excluding steroid dienone is 1. The number of nitrogens with one attached hydrogen (secondary N) is 1. The van der Waals surface area contributed by atoms with Gasteiger partial charge in [-0.3, -0.25) is 19.3 Å². The van der Waals surface area contributed by atoms with Gasteiger partial charge in [-0.05, 0) is 12.8 Å². The predicted octanol–water partition coefficient (Wildman–Crippen LogP) is 2.08. The summed E-state index contributed by atoms with van der Waals surface area (Å²) in [6.07, 6.45) is 5.82. The first-order chi connectivity index (χ1) is 10.3. The molecule has 0 aromatic carbocycles. The van der Waals surface area contributed by atoms with Crippen molar-refractivity contribution in [3.8, 4) is 0 Å². The minimum atomic E-state index is -0.489. The smallest absolute Gasteiger partial charge is 0.240 e. The number of carbonyl (C=O) groups excluding carboxylic acids is 3. The second-order valence-electron chi connectivity index (χ2n) is 6.91. The second-order valence-corrected chi connectivity index (χ2v) is 7.91. The zero-order chi connectivity index (χ0) is 16.3. The van der Waals surface area contributed by atoms with Gasteiger partial charge < -0.3 is 5.32 Å². The molecule has 6 heteroatoms. The first-order valence-electron chi connectivity index (χ1n) is 7.76. The third-order valence-corrected chi connectivity index (χ3v) is 4.95. The lowest BCUT2D eigenvalue weighted by atomic mass is 9.91. The van der Waals surface area contributed by atoms with Crippen LogP contribution in [0.2, 0.25) is 0 Å². The maximum absolute atomic E-state index is 12.1. The summed E-state index contributed by atoms with van der Waals surface area (Å²) in [7, 11) is 0. The molecular weight excluding hydrogens is 300 g/mol. The Labute approximate surface area is 135 Å². The lowest BCUT2D eigenvalue weighted by Gasteiger charge is -2.20. The van der Waals surface area contributed by atoms with E-state index < -0.39 is 5.41 Å². The highest BCUT2D eigenvalue weighted by Crippen LogP contribution is 2.30. The maximum Gasteiger partial charge on any atom is 0.240 e. The topological polar surface area (TPSA) is 66.5 Å². The molecule has 0 aromatic heterocycles. The normalized spacial score (nSPS) is 21.7. The molecule has 1 aliphatic heterocycles. The maximum atomic E-state index is 12.1. The van der Waals surface area contributed by atoms with Crippen molar-refractivity contribution in [2.45, 2.75) is 52.5 Å². The molecule has 2 amide bonds. The molecule has 22 heavy (non-hydrogen) atoms. The highest BCUT2D eigenvalue weighted by Gasteiger charge is 2.31. The van der Waals surface area contributed by atoms with Crippen LogP contribution in [0.5, 0.6) is 0 Å². The molecule has 1 saturated carbocycles. The van der Waals surface area contributed by atoms with Crippen molar-refractivity contribution in [2.75, 3.05) is 12.3 Å². The third-order valence-electron chi connectivity index (χ3n) is 3.93. The molecule has 122 valence electrons. The molecule has 1 saturated heterocycles. The van der Waals surface area contributed by atoms with Gasteiger partial charge in [-0.2, -0.15) is 0 Å². The van der Waals surface area contributed by atoms with Crippen LogP contribution in [0.3, 0.4) is 0 Å². The number of hydrogen-bond donors (Lipinski definition) is 1. The highest BCUT2D eigenvalue weighted by atomic mass is 32.2. The lowest BCUT2D eigenvalue weighted by Crippen LogP contribution is -2.41. The summed E-state index contributed by atoms with van der Waals surface area (Å²) in [6.45, 7) is 5.52. The van der Waals surface area contributed by atoms with Gasteiger partial charge in [-0.1, -0.05) is 45.4 Å². The number of carbonyl (C=O) groups is 3. The second kappa shape index (κ2) is 6.86. The predicted molar refractivity (Wildman–Crippen MR) is 87.1 cm³/mol. The van der Waals surface area contributed by atoms with Crippen molar-refractivity contribution in [3.63, 3.8) is 0 Å². The van der Waals surface area contributed by atoms with E-state index in [1.165, 1.54) is 22.7 Å². The van der Waals surface area contributed by atoms with Crippen LogP contribution in [0.25, 0.3) is 0 Å². The van der Waals surface area contributed by atoms with E-state index in [0.29, 0.717) is 10.8 Å². The van der Waals surface area contributed by atoms with Gasteiger partial charge in [0.05, 0.1) is 10.8 Å². The van der Waals surface area contributed by atoms with E-state index in [1.807, 2.05) is 20.8 Å². The molecular formula is C16H24N2O3S. The number of amides is 2. The molecule has 0 radical (unpaired) electrons. The van der Waals surface area contributed by atoms with Crippen LogP contribution >= 0.6 is 11.8 Å². The van der Waals surface area contributed by atoms with Crippen molar-refractivity contribution in [1.82, 2.24) is 10.2 Å². The summed E-state index contributed by atoms with van der Waals surface area (Å²) in [5.41, 5.74) is -0.489. The first-order valence-corrected chi connectivity index (χ1v) is 8.74. The van der Waals surface area contributed by atoms with Crippen LogP contribution < -0.4 is 5.32 Å². The average molecular weight is 324 g/mol. The van der Waals surface area contributed by atoms with E-state index in [2.05, 4.69) is 5.32 Å². The molecule has 0 unspecified atom stereocenters. The van der Waals surface area contributed by atoms with Gasteiger partial charge in [0, 0.05) is 17.5 Å². The molecule has 1 heterocycles. The Hall–Kier alpha value is -1.30. The molecule has 1 N–H and O–H groups in total. The van der Waals surface area contributed by atoms with Gasteiger partial charge in [0.2, 0.25) is 11.8 Å². The van der Waals surface area contributed by atoms with E-state index in [4.69, 9.17) is 0 Å². The molecule has 2 rings (SSSR count). The molecule has 0 spiro atoms. The van der Waals surface area contributed by atoms with Crippen LogP contribution in [0.1, 0.15) is 46.5 Å². The molecule has 0 bridgehead atoms. The fourth-order valence-corrected chi connectivity index (χ4v) is 3.46. The zero-order valence-electron chi connectivity index (χ0n) is 13.5. The van der Waals surface area contributed by atoms with E-state index in [9.17, 15) is 14.4 Å². The summed E-state index contributed by atoms with van der Waals surface area (Å²) < 4.78 is 0. The SMILES string of the molecule is CC(C)(C)C(=O)/C=C1\SCC(=O)N1CC(=O)NC1CCCC1. The van der Waals surface area contributed by atoms with Crippen LogP contribution in [0, 0.1) is 5.41 Å². The van der Waals surface area contributed by atoms with Crippen molar-refractivity contribution >= 4 is 29.4 Å². The summed E-state index contributed by atoms with van der Waals surface area (Å²) in [4.78, 5) is 37.6. The average Bonchev–Trinajstić information content (AvgIpc) is 3.02. The van der Waals surface area contributed by atoms with E-state index in [1.54, 1.807) is 0 Å². The number of thioether (sulfide) groups is 1. The Balaban J connectivity index is 2.00. The van der Waals surface area contributed by atoms with Gasteiger partial charge in [-0.15, -0.1) is 0 Å². The summed E-state index contributed by atoms with van der Waals surface area (Å²) in [5.74, 6) is 0.00209. The molecule has 1 aliphatic carbocycles. The molecule has 0 aromatic rings. The minimum Gasteiger partial charge on any atom is -0.352 e. The van der Waals surface area contributed by atoms with Crippen molar-refractivity contribution in [2.24, 2.45) is 5.41 Å². The van der Waals surface area contributed by atoms with E-state index in [-0.39, 0.29) is 30.2 Å². The number of hydrogen-bond acceptors (Lipinski definition) is 4. The Bertz CT molecular complexity index is 502. The third kappa shape index (κ3) is 4.35. The van der Waals surface area contributed by atoms with Crippen LogP contribution in [-0.4, -0.2) is 40.8 Å². The van der Waals surface area contributed by atoms with Crippen LogP contribution in [0.4, 0.5) is 0 Å². The lowest BCUT2D eigenvalue weighted by molar-refractivity contribution is -0.131. The largest absolute Gasteiger partial charge is 0.352 e. The van der Waals surface area contributed by atoms with Crippen LogP contribution in [0.15, 0.2) is 11.1 Å². The van der Waals surface area contributed by atoms with Crippen molar-refractivity contribution in [1.29, 1.82) is 0 Å². The summed E-state index contributed by atoms with van der Waals surface area (Å²) in [6, 6.07) is 0.237. The van der Waals surface area contributed by atoms with Crippen molar-refractivity contribution < 1.29 is 14.4 Å². The van der Waals surface area contributed by atoms with Gasteiger partial charge in [0.1, 0.15) is 6.54 Å². The Morgan fingerprint density at radius 1 is 1.32 bits per heavy atom. The standard InChI is InChI=1S/C16H24N2O3S/c1-16(2,3)12(19)8-15-18(14(21)10-22-15)9-13(20)17-11-6-4-5-7-11/h8,11H,4-7,9-10H2,1-3H3,(H,17,20)/b15-8-. The fraction of sp³-hybridized carbons (Fsp3) is 0.688. The fourth-order valence-electron chi connectivity index (χ4n) is 2.52. The molecule has 2 fully saturated rings. The molecule has 2 aliphatic rings. The Morgan fingerprint density at radius 2 is 1.95 bits per heavy atom. The molecule has 0 atom stereocenters. The highest BCUT2D eigenvalue weighted by molar-refractivity contribution is 8.04. The van der Waals surface area contributed by atoms with E-state index in [0.717, 1.165) is 25.7 Å². The number of ketones is 1.